The van der Waals surface area contributed by atoms with Gasteiger partial charge < -0.3 is 4.90 Å². The van der Waals surface area contributed by atoms with E-state index < -0.39 is 0 Å². The molecule has 7 heteroatoms. The normalized spacial score (nSPS) is 17.9. The number of aromatic nitrogens is 2. The first-order valence-electron chi connectivity index (χ1n) is 7.00. The zero-order chi connectivity index (χ0) is 16.3. The van der Waals surface area contributed by atoms with Crippen molar-refractivity contribution in [2.75, 3.05) is 19.7 Å². The van der Waals surface area contributed by atoms with Gasteiger partial charge in [0.15, 0.2) is 5.78 Å². The van der Waals surface area contributed by atoms with Gasteiger partial charge in [0, 0.05) is 19.7 Å². The van der Waals surface area contributed by atoms with Crippen molar-refractivity contribution in [3.05, 3.63) is 37.2 Å². The molecule has 1 atom stereocenters. The predicted molar refractivity (Wildman–Crippen MR) is 82.0 cm³/mol. The van der Waals surface area contributed by atoms with Crippen LogP contribution in [0, 0.1) is 0 Å². The third-order valence-electron chi connectivity index (χ3n) is 3.32. The van der Waals surface area contributed by atoms with Crippen LogP contribution in [0.4, 0.5) is 4.79 Å². The lowest BCUT2D eigenvalue weighted by molar-refractivity contribution is -0.114. The second-order valence-corrected chi connectivity index (χ2v) is 5.19. The van der Waals surface area contributed by atoms with Gasteiger partial charge in [-0.1, -0.05) is 12.7 Å². The lowest BCUT2D eigenvalue weighted by Gasteiger charge is -2.19. The molecule has 2 rings (SSSR count). The van der Waals surface area contributed by atoms with Crippen molar-refractivity contribution in [1.82, 2.24) is 19.7 Å². The number of hydrogen-bond donors (Lipinski definition) is 0. The standard InChI is InChI=1S/C15H20N4O3/c1-5-8-22-19-12(3)10-17(15(19)21)9-11(2)18-7-6-14(16-18)13(4)20/h5-7,12H,1-2,8-10H2,3-4H3. The summed E-state index contributed by atoms with van der Waals surface area (Å²) in [7, 11) is 0. The lowest BCUT2D eigenvalue weighted by atomic mass is 10.3. The smallest absolute Gasteiger partial charge is 0.315 e. The van der Waals surface area contributed by atoms with E-state index in [2.05, 4.69) is 18.3 Å². The average molecular weight is 304 g/mol. The molecule has 2 amide bonds. The average Bonchev–Trinajstić information content (AvgIpc) is 3.04. The van der Waals surface area contributed by atoms with Gasteiger partial charge in [-0.15, -0.1) is 6.58 Å². The quantitative estimate of drug-likeness (QED) is 0.569. The first kappa shape index (κ1) is 16.0. The van der Waals surface area contributed by atoms with Gasteiger partial charge in [0.25, 0.3) is 0 Å². The molecule has 118 valence electrons. The number of hydrogen-bond acceptors (Lipinski definition) is 4. The maximum atomic E-state index is 12.3. The number of nitrogens with zero attached hydrogens (tertiary/aromatic N) is 4. The first-order valence-corrected chi connectivity index (χ1v) is 7.00. The lowest BCUT2D eigenvalue weighted by Crippen LogP contribution is -2.35. The van der Waals surface area contributed by atoms with Gasteiger partial charge in [-0.2, -0.15) is 10.2 Å². The molecule has 0 saturated carbocycles. The second kappa shape index (κ2) is 6.57. The predicted octanol–water partition coefficient (Wildman–Crippen LogP) is 1.80. The largest absolute Gasteiger partial charge is 0.344 e. The molecule has 0 aromatic carbocycles. The van der Waals surface area contributed by atoms with Crippen LogP contribution < -0.4 is 0 Å². The van der Waals surface area contributed by atoms with E-state index >= 15 is 0 Å². The number of urea groups is 1. The third kappa shape index (κ3) is 3.25. The fourth-order valence-electron chi connectivity index (χ4n) is 2.23. The molecule has 0 bridgehead atoms. The molecule has 2 heterocycles. The Morgan fingerprint density at radius 2 is 2.32 bits per heavy atom. The molecule has 1 saturated heterocycles. The van der Waals surface area contributed by atoms with Gasteiger partial charge in [-0.3, -0.25) is 9.63 Å². The molecule has 0 radical (unpaired) electrons. The Bertz CT molecular complexity index is 608. The maximum absolute atomic E-state index is 12.3. The summed E-state index contributed by atoms with van der Waals surface area (Å²) in [5, 5.41) is 5.48. The Labute approximate surface area is 129 Å². The third-order valence-corrected chi connectivity index (χ3v) is 3.32. The van der Waals surface area contributed by atoms with E-state index in [9.17, 15) is 9.59 Å². The minimum atomic E-state index is -0.213. The molecule has 0 aliphatic carbocycles. The van der Waals surface area contributed by atoms with E-state index in [0.29, 0.717) is 24.5 Å². The monoisotopic (exact) mass is 304 g/mol. The number of carbonyl (C=O) groups excluding carboxylic acids is 2. The van der Waals surface area contributed by atoms with Crippen LogP contribution >= 0.6 is 0 Å². The maximum Gasteiger partial charge on any atom is 0.344 e. The highest BCUT2D eigenvalue weighted by molar-refractivity contribution is 5.92. The van der Waals surface area contributed by atoms with E-state index in [4.69, 9.17) is 4.84 Å². The molecule has 1 aromatic rings. The van der Waals surface area contributed by atoms with Crippen LogP contribution in [0.3, 0.4) is 0 Å². The van der Waals surface area contributed by atoms with Crippen molar-refractivity contribution >= 4 is 17.5 Å². The van der Waals surface area contributed by atoms with Gasteiger partial charge in [0.1, 0.15) is 5.69 Å². The summed E-state index contributed by atoms with van der Waals surface area (Å²) in [5.74, 6) is -0.110. The van der Waals surface area contributed by atoms with Gasteiger partial charge >= 0.3 is 6.03 Å². The van der Waals surface area contributed by atoms with E-state index in [1.54, 1.807) is 23.2 Å². The number of ketones is 1. The summed E-state index contributed by atoms with van der Waals surface area (Å²) in [6, 6.07) is 1.36. The zero-order valence-corrected chi connectivity index (χ0v) is 12.9. The van der Waals surface area contributed by atoms with Crippen molar-refractivity contribution in [1.29, 1.82) is 0 Å². The summed E-state index contributed by atoms with van der Waals surface area (Å²) < 4.78 is 1.52. The topological polar surface area (TPSA) is 67.7 Å². The van der Waals surface area contributed by atoms with Crippen LogP contribution in [0.5, 0.6) is 0 Å². The minimum absolute atomic E-state index is 0.0503. The molecule has 0 N–H and O–H groups in total. The van der Waals surface area contributed by atoms with Gasteiger partial charge in [0.05, 0.1) is 24.9 Å². The van der Waals surface area contributed by atoms with Crippen molar-refractivity contribution in [2.45, 2.75) is 19.9 Å². The number of rotatable bonds is 7. The van der Waals surface area contributed by atoms with Gasteiger partial charge in [-0.05, 0) is 13.0 Å². The highest BCUT2D eigenvalue weighted by Gasteiger charge is 2.35. The van der Waals surface area contributed by atoms with Gasteiger partial charge in [-0.25, -0.2) is 9.48 Å². The molecule has 7 nitrogen and oxygen atoms in total. The Balaban J connectivity index is 2.00. The number of amides is 2. The summed E-state index contributed by atoms with van der Waals surface area (Å²) in [6.45, 7) is 12.0. The van der Waals surface area contributed by atoms with Crippen LogP contribution in [0.25, 0.3) is 5.70 Å². The second-order valence-electron chi connectivity index (χ2n) is 5.19. The minimum Gasteiger partial charge on any atom is -0.315 e. The molecule has 1 aliphatic heterocycles. The van der Waals surface area contributed by atoms with E-state index in [1.165, 1.54) is 16.7 Å². The van der Waals surface area contributed by atoms with Crippen molar-refractivity contribution in [2.24, 2.45) is 0 Å². The van der Waals surface area contributed by atoms with E-state index in [0.717, 1.165) is 0 Å². The van der Waals surface area contributed by atoms with Crippen LogP contribution in [0.2, 0.25) is 0 Å². The Kier molecular flexibility index (Phi) is 4.77. The van der Waals surface area contributed by atoms with Crippen LogP contribution in [-0.4, -0.2) is 57.3 Å². The van der Waals surface area contributed by atoms with Crippen molar-refractivity contribution < 1.29 is 14.4 Å². The molecule has 1 aromatic heterocycles. The Hall–Kier alpha value is -2.41. The Morgan fingerprint density at radius 1 is 1.59 bits per heavy atom. The summed E-state index contributed by atoms with van der Waals surface area (Å²) in [5.41, 5.74) is 0.983. The number of hydroxylamine groups is 2. The summed E-state index contributed by atoms with van der Waals surface area (Å²) in [4.78, 5) is 30.5. The molecule has 22 heavy (non-hydrogen) atoms. The summed E-state index contributed by atoms with van der Waals surface area (Å²) in [6.07, 6.45) is 3.25. The number of carbonyl (C=O) groups is 2. The SMILES string of the molecule is C=CCON1C(=O)N(CC(=C)n2ccc(C(C)=O)n2)CC1C. The first-order chi connectivity index (χ1) is 10.4. The van der Waals surface area contributed by atoms with Crippen LogP contribution in [0.1, 0.15) is 24.3 Å². The fraction of sp³-hybridized carbons (Fsp3) is 0.400. The highest BCUT2D eigenvalue weighted by atomic mass is 16.7. The molecule has 0 spiro atoms. The van der Waals surface area contributed by atoms with E-state index in [-0.39, 0.29) is 24.5 Å². The van der Waals surface area contributed by atoms with Crippen LogP contribution in [-0.2, 0) is 4.84 Å². The van der Waals surface area contributed by atoms with E-state index in [1.807, 2.05) is 6.92 Å². The van der Waals surface area contributed by atoms with Crippen molar-refractivity contribution in [3.63, 3.8) is 0 Å². The summed E-state index contributed by atoms with van der Waals surface area (Å²) >= 11 is 0. The highest BCUT2D eigenvalue weighted by Crippen LogP contribution is 2.18. The molecule has 1 fully saturated rings. The Morgan fingerprint density at radius 3 is 2.91 bits per heavy atom. The molecule has 1 unspecified atom stereocenters. The molecular formula is C15H20N4O3. The fourth-order valence-corrected chi connectivity index (χ4v) is 2.23. The molecular weight excluding hydrogens is 284 g/mol. The van der Waals surface area contributed by atoms with Gasteiger partial charge in [0.2, 0.25) is 0 Å². The van der Waals surface area contributed by atoms with Crippen LogP contribution in [0.15, 0.2) is 31.5 Å². The zero-order valence-electron chi connectivity index (χ0n) is 12.9. The number of Topliss-reactive ketones (excluding diaryl/α,β-unsaturated/α-hetero) is 1. The van der Waals surface area contributed by atoms with Crippen molar-refractivity contribution in [3.8, 4) is 0 Å². The molecule has 1 aliphatic rings.